The van der Waals surface area contributed by atoms with E-state index in [9.17, 15) is 4.79 Å². The first-order chi connectivity index (χ1) is 6.29. The monoisotopic (exact) mass is 287 g/mol. The summed E-state index contributed by atoms with van der Waals surface area (Å²) in [6.07, 6.45) is 2.13. The van der Waals surface area contributed by atoms with Crippen LogP contribution in [-0.2, 0) is 0 Å². The SMILES string of the molecule is O=C(O)c1ccccc1C1=CC[I-]1. The Bertz CT molecular complexity index is 382. The summed E-state index contributed by atoms with van der Waals surface area (Å²) in [6.45, 7) is 0. The van der Waals surface area contributed by atoms with Gasteiger partial charge in [-0.1, -0.05) is 0 Å². The van der Waals surface area contributed by atoms with Crippen molar-refractivity contribution in [1.82, 2.24) is 0 Å². The van der Waals surface area contributed by atoms with Gasteiger partial charge in [0.1, 0.15) is 0 Å². The van der Waals surface area contributed by atoms with E-state index in [0.29, 0.717) is 5.56 Å². The van der Waals surface area contributed by atoms with E-state index in [1.807, 2.05) is 12.1 Å². The second-order valence-electron chi connectivity index (χ2n) is 2.69. The van der Waals surface area contributed by atoms with Gasteiger partial charge in [-0.15, -0.1) is 0 Å². The second kappa shape index (κ2) is 3.49. The molecular weight excluding hydrogens is 279 g/mol. The molecule has 13 heavy (non-hydrogen) atoms. The Labute approximate surface area is 86.5 Å². The number of carboxylic acids is 1. The average molecular weight is 287 g/mol. The van der Waals surface area contributed by atoms with Gasteiger partial charge in [-0.25, -0.2) is 0 Å². The fourth-order valence-electron chi connectivity index (χ4n) is 1.21. The van der Waals surface area contributed by atoms with Crippen molar-refractivity contribution in [3.8, 4) is 0 Å². The van der Waals surface area contributed by atoms with E-state index in [0.717, 1.165) is 5.56 Å². The third-order valence-corrected chi connectivity index (χ3v) is 4.62. The second-order valence-corrected chi connectivity index (χ2v) is 5.50. The van der Waals surface area contributed by atoms with E-state index in [4.69, 9.17) is 5.11 Å². The van der Waals surface area contributed by atoms with Crippen LogP contribution in [0.15, 0.2) is 30.3 Å². The van der Waals surface area contributed by atoms with E-state index in [2.05, 4.69) is 6.08 Å². The Hall–Kier alpha value is -0.840. The molecule has 0 aliphatic carbocycles. The van der Waals surface area contributed by atoms with Crippen LogP contribution in [0, 0.1) is 0 Å². The Kier molecular flexibility index (Phi) is 2.35. The van der Waals surface area contributed by atoms with Crippen LogP contribution in [0.5, 0.6) is 0 Å². The first-order valence-corrected chi connectivity index (χ1v) is 6.51. The van der Waals surface area contributed by atoms with Gasteiger partial charge in [-0.2, -0.15) is 0 Å². The Morgan fingerprint density at radius 1 is 1.38 bits per heavy atom. The van der Waals surface area contributed by atoms with Crippen molar-refractivity contribution in [2.24, 2.45) is 0 Å². The van der Waals surface area contributed by atoms with Gasteiger partial charge in [0.2, 0.25) is 0 Å². The molecule has 1 aromatic rings. The van der Waals surface area contributed by atoms with E-state index >= 15 is 0 Å². The van der Waals surface area contributed by atoms with Crippen molar-refractivity contribution >= 4 is 9.55 Å². The Morgan fingerprint density at radius 2 is 2.08 bits per heavy atom. The molecule has 3 heteroatoms. The van der Waals surface area contributed by atoms with Gasteiger partial charge in [0.25, 0.3) is 0 Å². The van der Waals surface area contributed by atoms with Crippen molar-refractivity contribution in [1.29, 1.82) is 0 Å². The van der Waals surface area contributed by atoms with Gasteiger partial charge in [0, 0.05) is 0 Å². The zero-order chi connectivity index (χ0) is 9.26. The molecule has 0 fully saturated rings. The molecule has 1 heterocycles. The number of hydrogen-bond donors (Lipinski definition) is 1. The van der Waals surface area contributed by atoms with Crippen LogP contribution in [0.1, 0.15) is 15.9 Å². The molecule has 1 aliphatic heterocycles. The van der Waals surface area contributed by atoms with Gasteiger partial charge in [-0.05, 0) is 0 Å². The summed E-state index contributed by atoms with van der Waals surface area (Å²) < 4.78 is 2.46. The molecule has 0 amide bonds. The summed E-state index contributed by atoms with van der Waals surface area (Å²) in [5.41, 5.74) is 1.36. The van der Waals surface area contributed by atoms with Gasteiger partial charge < -0.3 is 0 Å². The van der Waals surface area contributed by atoms with Gasteiger partial charge >= 0.3 is 86.6 Å². The molecule has 0 saturated heterocycles. The number of carbonyl (C=O) groups is 1. The van der Waals surface area contributed by atoms with Crippen molar-refractivity contribution in [3.63, 3.8) is 0 Å². The van der Waals surface area contributed by atoms with E-state index in [1.165, 1.54) is 8.01 Å². The number of hydrogen-bond acceptors (Lipinski definition) is 1. The summed E-state index contributed by atoms with van der Waals surface area (Å²) in [5, 5.41) is 8.92. The molecule has 2 rings (SSSR count). The Morgan fingerprint density at radius 3 is 2.62 bits per heavy atom. The Balaban J connectivity index is 2.49. The van der Waals surface area contributed by atoms with Crippen molar-refractivity contribution in [2.45, 2.75) is 0 Å². The van der Waals surface area contributed by atoms with E-state index in [1.54, 1.807) is 12.1 Å². The summed E-state index contributed by atoms with van der Waals surface area (Å²) in [5.74, 6) is -0.826. The number of alkyl halides is 1. The third-order valence-electron chi connectivity index (χ3n) is 1.89. The molecule has 0 saturated carbocycles. The number of benzene rings is 1. The molecule has 0 spiro atoms. The molecule has 1 aromatic carbocycles. The molecule has 0 aromatic heterocycles. The zero-order valence-corrected chi connectivity index (χ0v) is 8.98. The third kappa shape index (κ3) is 1.60. The van der Waals surface area contributed by atoms with Crippen molar-refractivity contribution < 1.29 is 31.1 Å². The first kappa shape index (κ1) is 8.74. The fraction of sp³-hybridized carbons (Fsp3) is 0.100. The molecule has 0 unspecified atom stereocenters. The minimum atomic E-state index is -0.826. The van der Waals surface area contributed by atoms with Crippen LogP contribution in [0.25, 0.3) is 3.58 Å². The van der Waals surface area contributed by atoms with Gasteiger partial charge in [0.15, 0.2) is 0 Å². The molecule has 1 aliphatic rings. The van der Waals surface area contributed by atoms with Crippen molar-refractivity contribution in [3.05, 3.63) is 41.5 Å². The fourth-order valence-corrected chi connectivity index (χ4v) is 2.98. The van der Waals surface area contributed by atoms with Crippen LogP contribution in [0.3, 0.4) is 0 Å². The maximum absolute atomic E-state index is 10.9. The molecule has 1 N–H and O–H groups in total. The normalized spacial score (nSPS) is 15.2. The van der Waals surface area contributed by atoms with Crippen LogP contribution < -0.4 is 21.2 Å². The van der Waals surface area contributed by atoms with E-state index in [-0.39, 0.29) is 21.2 Å². The summed E-state index contributed by atoms with van der Waals surface area (Å²) >= 11 is 0.102. The molecule has 0 atom stereocenters. The predicted octanol–water partition coefficient (Wildman–Crippen LogP) is -1.17. The summed E-state index contributed by atoms with van der Waals surface area (Å²) in [7, 11) is 0. The summed E-state index contributed by atoms with van der Waals surface area (Å²) in [6, 6.07) is 7.23. The zero-order valence-electron chi connectivity index (χ0n) is 6.83. The first-order valence-electron chi connectivity index (χ1n) is 3.91. The molecule has 0 bridgehead atoms. The molecule has 2 nitrogen and oxygen atoms in total. The number of carboxylic acid groups (broad SMARTS) is 1. The van der Waals surface area contributed by atoms with Gasteiger partial charge in [0.05, 0.1) is 0 Å². The van der Waals surface area contributed by atoms with Gasteiger partial charge in [-0.3, -0.25) is 0 Å². The predicted molar refractivity (Wildman–Crippen MR) is 46.2 cm³/mol. The summed E-state index contributed by atoms with van der Waals surface area (Å²) in [4.78, 5) is 10.9. The number of halogens is 1. The number of rotatable bonds is 2. The van der Waals surface area contributed by atoms with Crippen LogP contribution in [-0.4, -0.2) is 15.5 Å². The quantitative estimate of drug-likeness (QED) is 0.550. The number of allylic oxidation sites excluding steroid dienone is 1. The molecule has 68 valence electrons. The topological polar surface area (TPSA) is 37.3 Å². The molecular formula is C10H8IO2-. The van der Waals surface area contributed by atoms with Crippen LogP contribution in [0.2, 0.25) is 0 Å². The molecule has 0 radical (unpaired) electrons. The van der Waals surface area contributed by atoms with Crippen LogP contribution in [0.4, 0.5) is 0 Å². The minimum absolute atomic E-state index is 0.102. The maximum atomic E-state index is 10.9. The van der Waals surface area contributed by atoms with E-state index < -0.39 is 5.97 Å². The van der Waals surface area contributed by atoms with Crippen LogP contribution >= 0.6 is 0 Å². The standard InChI is InChI=1S/C10H8IO2/c12-10(13)8-4-2-1-3-7(8)9-5-6-11-9/h1-5H,6H2,(H,12,13)/q-1. The average Bonchev–Trinajstić information content (AvgIpc) is 2.02. The van der Waals surface area contributed by atoms with Crippen molar-refractivity contribution in [2.75, 3.05) is 4.43 Å². The number of aromatic carboxylic acids is 1.